The van der Waals surface area contributed by atoms with E-state index in [1.54, 1.807) is 42.4 Å². The maximum Gasteiger partial charge on any atom is 0.407 e. The first kappa shape index (κ1) is 91.8. The number of anilines is 3. The van der Waals surface area contributed by atoms with Gasteiger partial charge < -0.3 is 79.6 Å². The SMILES string of the molecule is CO[C@H]1CC2CCCC(O2)C(=O)C(=O)N2CCCC[C@H]2C(=O)O[C@H](CC[C@H]2CC[C@H](OC(=O)NCc3cnc(N4CCN(C(=O)CN(C)CC(=O)NCCOCCOCCC(=O)N5CCc6cc(Cn7nc(-c8ccc9oc(N)nc9c8)c8c(N)ncnc87)ccc6C5)CC4)nc3)CC2)CC[C@H](C)/C=C(\C)[C@@H](O)CC(=O)[C@H](C)C[C@H](C)/C=C/C=C/C=C/1C. The minimum absolute atomic E-state index is 0.00313. The smallest absolute Gasteiger partial charge is 0.407 e. The molecule has 6 aliphatic rings. The third kappa shape index (κ3) is 26.1. The number of ether oxygens (including phenoxy) is 6. The number of esters is 1. The van der Waals surface area contributed by atoms with Crippen LogP contribution in [0.15, 0.2) is 107 Å². The van der Waals surface area contributed by atoms with E-state index in [2.05, 4.69) is 67.6 Å². The van der Waals surface area contributed by atoms with E-state index in [4.69, 9.17) is 49.4 Å². The number of carbonyl (C=O) groups excluding carboxylic acids is 8. The van der Waals surface area contributed by atoms with Gasteiger partial charge in [0.05, 0.1) is 76.2 Å². The van der Waals surface area contributed by atoms with E-state index in [1.165, 1.54) is 16.8 Å². The number of benzene rings is 2. The Morgan fingerprint density at radius 3 is 2.31 bits per heavy atom. The number of hydrogen-bond acceptors (Lipinski definition) is 26. The van der Waals surface area contributed by atoms with Gasteiger partial charge in [-0.2, -0.15) is 10.1 Å². The number of piperidine rings is 1. The second kappa shape index (κ2) is 44.8. The van der Waals surface area contributed by atoms with Gasteiger partial charge in [0, 0.05) is 108 Å². The fourth-order valence-electron chi connectivity index (χ4n) is 17.4. The highest BCUT2D eigenvalue weighted by atomic mass is 16.6. The second-order valence-electron chi connectivity index (χ2n) is 34.1. The van der Waals surface area contributed by atoms with E-state index in [9.17, 15) is 43.5 Å². The number of nitrogens with zero attached hydrogens (tertiary/aromatic N) is 12. The van der Waals surface area contributed by atoms with Gasteiger partial charge in [0.25, 0.3) is 11.9 Å². The van der Waals surface area contributed by atoms with Crippen molar-refractivity contribution in [1.82, 2.24) is 64.9 Å². The lowest BCUT2D eigenvalue weighted by molar-refractivity contribution is -0.167. The predicted octanol–water partition coefficient (Wildman–Crippen LogP) is 9.53. The number of alkyl carbamates (subject to hydrolysis) is 1. The van der Waals surface area contributed by atoms with Crippen LogP contribution in [0, 0.1) is 23.7 Å². The monoisotopic (exact) mass is 1700 g/mol. The Kier molecular flexibility index (Phi) is 33.4. The van der Waals surface area contributed by atoms with Crippen LogP contribution < -0.4 is 27.0 Å². The average Bonchev–Trinajstić information content (AvgIpc) is 1.61. The van der Waals surface area contributed by atoms with Crippen LogP contribution in [0.4, 0.5) is 22.6 Å². The van der Waals surface area contributed by atoms with Gasteiger partial charge in [0.1, 0.15) is 53.5 Å². The number of hydrogen-bond donors (Lipinski definition) is 5. The van der Waals surface area contributed by atoms with Crippen LogP contribution in [-0.2, 0) is 88.0 Å². The standard InChI is InChI=1S/C91H124N16O16/c1-58-14-9-8-10-15-60(3)78(117-7)48-71-16-13-18-77(120-71)84(113)87(114)106-34-12-11-17-73(106)88(115)121-69(26-19-59(2)45-62(5)75(109)49-74(108)61(4)44-58)27-21-63-22-28-70(29-23-63)122-91(116)97-52-65-50-95-90(96-51-65)104-38-36-103(37-39-104)81(112)56-102(6)55-79(110)94-33-41-119-43-42-118-40-32-80(111)105-35-31-66-46-64(20-24-68(66)54-105)53-107-86-82(85(92)98-57-99-86)83(101-107)67-25-30-76-72(47-67)100-89(93)123-76/h8-10,14-15,20,24-25,30,45-47,50-51,57-59,61,63,69-71,73,75,77-78,109H,11-13,16-19,21-23,26-29,31-44,48-49,52-56H2,1-7H3,(H2,93,100)(H,94,110)(H,97,116)(H2,92,98,99)/b10-8+,14-9+,60-15+,62-45+/t58-,59+,61-,63-,69+,70-,71?,73+,75+,77?,78+/m1/s1. The number of nitrogens with one attached hydrogen (secondary N) is 2. The summed E-state index contributed by atoms with van der Waals surface area (Å²) >= 11 is 0. The molecule has 32 heteroatoms. The van der Waals surface area contributed by atoms with Crippen molar-refractivity contribution in [2.75, 3.05) is 116 Å². The van der Waals surface area contributed by atoms with Crippen molar-refractivity contribution in [3.63, 3.8) is 0 Å². The van der Waals surface area contributed by atoms with E-state index in [1.807, 2.05) is 83.8 Å². The summed E-state index contributed by atoms with van der Waals surface area (Å²) < 4.78 is 43.3. The topological polar surface area (TPSA) is 400 Å². The number of amides is 5. The molecule has 7 N–H and O–H groups in total. The molecule has 664 valence electrons. The summed E-state index contributed by atoms with van der Waals surface area (Å²) in [5.41, 5.74) is 21.0. The summed E-state index contributed by atoms with van der Waals surface area (Å²) in [6.45, 7) is 15.2. The van der Waals surface area contributed by atoms with Crippen molar-refractivity contribution in [3.8, 4) is 11.3 Å². The zero-order valence-corrected chi connectivity index (χ0v) is 72.4. The van der Waals surface area contributed by atoms with Crippen molar-refractivity contribution in [3.05, 3.63) is 125 Å². The summed E-state index contributed by atoms with van der Waals surface area (Å²) in [5, 5.41) is 22.6. The van der Waals surface area contributed by atoms with Crippen LogP contribution in [0.3, 0.4) is 0 Å². The number of likely N-dealkylation sites (N-methyl/N-ethyl adjacent to an activating group) is 1. The van der Waals surface area contributed by atoms with Crippen molar-refractivity contribution in [1.29, 1.82) is 0 Å². The molecule has 5 aliphatic heterocycles. The summed E-state index contributed by atoms with van der Waals surface area (Å²) in [4.78, 5) is 140. The molecule has 5 amide bonds. The number of cyclic esters (lactones) is 1. The number of carbonyl (C=O) groups is 8. The predicted molar refractivity (Wildman–Crippen MR) is 463 cm³/mol. The number of methoxy groups -OCH3 is 1. The van der Waals surface area contributed by atoms with Crippen molar-refractivity contribution in [2.24, 2.45) is 23.7 Å². The highest BCUT2D eigenvalue weighted by molar-refractivity contribution is 6.38. The van der Waals surface area contributed by atoms with Gasteiger partial charge in [0.2, 0.25) is 29.5 Å². The Balaban J connectivity index is 0.511. The van der Waals surface area contributed by atoms with Crippen molar-refractivity contribution < 1.29 is 76.3 Å². The minimum atomic E-state index is -0.934. The third-order valence-electron chi connectivity index (χ3n) is 24.6. The second-order valence-corrected chi connectivity index (χ2v) is 34.1. The summed E-state index contributed by atoms with van der Waals surface area (Å²) in [6.07, 6.45) is 24.0. The molecule has 4 aromatic heterocycles. The first-order valence-electron chi connectivity index (χ1n) is 43.9. The molecule has 12 rings (SSSR count). The van der Waals surface area contributed by atoms with Gasteiger partial charge in [-0.05, 0) is 187 Å². The molecule has 6 aromatic rings. The summed E-state index contributed by atoms with van der Waals surface area (Å²) in [5.74, 6) is -1.25. The van der Waals surface area contributed by atoms with Crippen LogP contribution in [0.25, 0.3) is 33.4 Å². The lowest BCUT2D eigenvalue weighted by atomic mass is 9.83. The van der Waals surface area contributed by atoms with Gasteiger partial charge in [0.15, 0.2) is 11.2 Å². The maximum absolute atomic E-state index is 14.5. The van der Waals surface area contributed by atoms with Gasteiger partial charge in [-0.15, -0.1) is 0 Å². The normalized spacial score (nSPS) is 25.5. The van der Waals surface area contributed by atoms with Crippen LogP contribution in [0.1, 0.15) is 172 Å². The lowest BCUT2D eigenvalue weighted by Crippen LogP contribution is -2.54. The highest BCUT2D eigenvalue weighted by Gasteiger charge is 2.42. The Bertz CT molecular complexity index is 4740. The number of ketones is 2. The summed E-state index contributed by atoms with van der Waals surface area (Å²) in [7, 11) is 3.37. The van der Waals surface area contributed by atoms with Gasteiger partial charge in [-0.1, -0.05) is 75.4 Å². The molecule has 3 saturated heterocycles. The summed E-state index contributed by atoms with van der Waals surface area (Å²) in [6, 6.07) is 10.9. The molecule has 9 atom stereocenters. The van der Waals surface area contributed by atoms with Gasteiger partial charge in [-0.3, -0.25) is 33.7 Å². The number of allylic oxidation sites excluding steroid dienone is 6. The largest absolute Gasteiger partial charge is 0.461 e. The van der Waals surface area contributed by atoms with E-state index in [0.29, 0.717) is 193 Å². The maximum atomic E-state index is 14.5. The molecule has 0 radical (unpaired) electrons. The fraction of sp³-hybridized carbons (Fsp3) is 0.582. The molecule has 123 heavy (non-hydrogen) atoms. The van der Waals surface area contributed by atoms with Gasteiger partial charge >= 0.3 is 12.1 Å². The number of piperazine rings is 1. The molecular formula is C91H124N16O16. The minimum Gasteiger partial charge on any atom is -0.461 e. The first-order valence-corrected chi connectivity index (χ1v) is 43.9. The number of aliphatic hydroxyl groups excluding tert-OH is 1. The molecule has 2 bridgehead atoms. The zero-order chi connectivity index (χ0) is 87.1. The third-order valence-corrected chi connectivity index (χ3v) is 24.6. The Labute approximate surface area is 719 Å². The first-order chi connectivity index (χ1) is 59.4. The molecule has 1 saturated carbocycles. The Morgan fingerprint density at radius 2 is 1.52 bits per heavy atom. The van der Waals surface area contributed by atoms with Crippen LogP contribution in [0.2, 0.25) is 0 Å². The fourth-order valence-corrected chi connectivity index (χ4v) is 17.4. The highest BCUT2D eigenvalue weighted by Crippen LogP contribution is 2.36. The average molecular weight is 1700 g/mol. The van der Waals surface area contributed by atoms with E-state index < -0.39 is 48.1 Å². The molecule has 9 heterocycles. The number of aromatic nitrogens is 7. The molecule has 2 unspecified atom stereocenters. The van der Waals surface area contributed by atoms with E-state index in [0.717, 1.165) is 47.9 Å². The molecule has 0 spiro atoms. The Morgan fingerprint density at radius 1 is 0.732 bits per heavy atom. The number of fused-ring (bicyclic) bond motifs is 6. The van der Waals surface area contributed by atoms with E-state index >= 15 is 0 Å². The van der Waals surface area contributed by atoms with Gasteiger partial charge in [-0.25, -0.2) is 34.2 Å². The van der Waals surface area contributed by atoms with E-state index in [-0.39, 0.29) is 130 Å². The van der Waals surface area contributed by atoms with Crippen LogP contribution in [-0.4, -0.2) is 249 Å². The molecule has 4 fully saturated rings. The number of nitrogens with two attached hydrogens (primary N) is 2. The Hall–Kier alpha value is -10.4. The number of nitrogen functional groups attached to an aromatic ring is 2. The van der Waals surface area contributed by atoms with Crippen LogP contribution in [0.5, 0.6) is 0 Å². The zero-order valence-electron chi connectivity index (χ0n) is 72.4. The van der Waals surface area contributed by atoms with Crippen molar-refractivity contribution >= 4 is 87.2 Å². The number of oxazole rings is 1. The van der Waals surface area contributed by atoms with Crippen LogP contribution >= 0.6 is 0 Å². The number of Topliss-reactive ketones (excluding diaryl/α,β-unsaturated/α-hetero) is 2. The van der Waals surface area contributed by atoms with Crippen molar-refractivity contribution in [2.45, 2.75) is 219 Å². The molecule has 32 nitrogen and oxygen atoms in total. The number of rotatable bonds is 24. The molecule has 2 aromatic carbocycles. The molecule has 1 aliphatic carbocycles. The number of aliphatic hydroxyl groups is 1. The quantitative estimate of drug-likeness (QED) is 0.0163. The lowest BCUT2D eigenvalue weighted by Gasteiger charge is -2.36. The molecular weight excluding hydrogens is 1570 g/mol.